The molecule has 5 aromatic rings. The third kappa shape index (κ3) is 15.2. The van der Waals surface area contributed by atoms with Crippen molar-refractivity contribution in [2.45, 2.75) is 127 Å². The molecule has 75 heavy (non-hydrogen) atoms. The number of carbonyl (C=O) groups is 9. The number of primary amides is 1. The molecule has 21 heteroatoms. The van der Waals surface area contributed by atoms with Crippen LogP contribution in [-0.2, 0) is 62.4 Å². The number of amides is 9. The third-order valence-electron chi connectivity index (χ3n) is 13.9. The first-order valence-electron chi connectivity index (χ1n) is 25.8. The maximum Gasteiger partial charge on any atom is 0.245 e. The quantitative estimate of drug-likeness (QED) is 0.0813. The summed E-state index contributed by atoms with van der Waals surface area (Å²) in [6, 6.07) is 13.6. The zero-order valence-corrected chi connectivity index (χ0v) is 42.4. The van der Waals surface area contributed by atoms with Gasteiger partial charge in [-0.1, -0.05) is 80.4 Å². The fourth-order valence-electron chi connectivity index (χ4n) is 9.69. The smallest absolute Gasteiger partial charge is 0.245 e. The number of benzene rings is 3. The summed E-state index contributed by atoms with van der Waals surface area (Å²) in [4.78, 5) is 137. The second-order valence-electron chi connectivity index (χ2n) is 19.5. The number of aromatic nitrogens is 3. The largest absolute Gasteiger partial charge is 0.368 e. The number of aromatic amines is 2. The zero-order valence-electron chi connectivity index (χ0n) is 42.4. The van der Waals surface area contributed by atoms with Crippen molar-refractivity contribution >= 4 is 74.8 Å². The number of nitrogens with one attached hydrogen (secondary N) is 9. The summed E-state index contributed by atoms with van der Waals surface area (Å²) in [5.74, 6) is -6.30. The van der Waals surface area contributed by atoms with Crippen LogP contribution in [0.1, 0.15) is 88.5 Å². The monoisotopic (exact) mass is 1030 g/mol. The highest BCUT2D eigenvalue weighted by Gasteiger charge is 2.37. The highest BCUT2D eigenvalue weighted by Crippen LogP contribution is 2.23. The number of carbonyl (C=O) groups excluding carboxylic acids is 9. The maximum atomic E-state index is 14.8. The van der Waals surface area contributed by atoms with Gasteiger partial charge in [0.15, 0.2) is 0 Å². The number of unbranched alkanes of at least 4 members (excludes halogenated alkanes) is 1. The predicted octanol–water partition coefficient (Wildman–Crippen LogP) is 1.61. The molecule has 0 radical (unpaired) electrons. The average molecular weight is 1030 g/mol. The van der Waals surface area contributed by atoms with Crippen molar-refractivity contribution in [2.24, 2.45) is 11.7 Å². The van der Waals surface area contributed by atoms with E-state index in [0.717, 1.165) is 32.8 Å². The van der Waals surface area contributed by atoms with Gasteiger partial charge in [0, 0.05) is 80.7 Å². The molecule has 3 aliphatic rings. The summed E-state index contributed by atoms with van der Waals surface area (Å²) in [6.07, 6.45) is 6.82. The highest BCUT2D eigenvalue weighted by atomic mass is 16.2. The van der Waals surface area contributed by atoms with Gasteiger partial charge >= 0.3 is 0 Å². The number of fused-ring (bicyclic) bond motifs is 24. The summed E-state index contributed by atoms with van der Waals surface area (Å²) in [5, 5.41) is 22.1. The molecule has 0 aliphatic carbocycles. The van der Waals surface area contributed by atoms with Gasteiger partial charge in [-0.15, -0.1) is 0 Å². The van der Waals surface area contributed by atoms with E-state index in [9.17, 15) is 43.2 Å². The van der Waals surface area contributed by atoms with Crippen LogP contribution in [0, 0.1) is 5.92 Å². The number of hydrogen-bond donors (Lipinski definition) is 10. The van der Waals surface area contributed by atoms with Gasteiger partial charge in [0.2, 0.25) is 53.2 Å². The number of H-pyrrole nitrogens is 2. The molecular formula is C54H68N12O9. The number of nitrogens with two attached hydrogens (primary N) is 1. The topological polar surface area (TPSA) is 312 Å². The minimum atomic E-state index is -1.54. The lowest BCUT2D eigenvalue weighted by Gasteiger charge is -2.35. The van der Waals surface area contributed by atoms with Crippen molar-refractivity contribution in [1.29, 1.82) is 0 Å². The Balaban J connectivity index is 1.20. The Hall–Kier alpha value is -8.10. The molecule has 5 heterocycles. The van der Waals surface area contributed by atoms with Gasteiger partial charge in [-0.3, -0.25) is 43.2 Å². The molecule has 0 saturated carbocycles. The van der Waals surface area contributed by atoms with Crippen LogP contribution >= 0.6 is 0 Å². The van der Waals surface area contributed by atoms with E-state index >= 15 is 0 Å². The van der Waals surface area contributed by atoms with Crippen LogP contribution in [0.5, 0.6) is 0 Å². The lowest BCUT2D eigenvalue weighted by molar-refractivity contribution is -0.140. The maximum absolute atomic E-state index is 14.8. The van der Waals surface area contributed by atoms with E-state index in [1.807, 2.05) is 73.7 Å². The molecule has 3 fully saturated rings. The molecule has 3 aromatic carbocycles. The number of nitrogens with zero attached hydrogens (tertiary/aromatic N) is 2. The molecule has 2 aromatic heterocycles. The molecule has 6 atom stereocenters. The standard InChI is InChI=1S/C54H68N12O9/c1-3-4-14-42(60-32(2)67)50(71)64-45-28-47(68)57-21-10-9-16-41(48(55)69)61-51(72)43(26-37-29-58-40-15-8-7-13-39(37)40)62-49(70)35-19-22-66(23-20-35)54(75)46(25-33-17-18-34-11-5-6-12-36(34)24-33)65-52(73)44(63-53(45)74)27-38-30-56-31-59-38/h5-8,11-13,15,17-18,24,29-31,35,41-46,58H,3-4,9-10,14,16,19-23,25-28H2,1-2H3,(H2,55,69)(H,56,59)(H,57,68)(H,60,67)(H,61,72)(H,62,70)(H,63,74)(H,64,71)(H,65,73)/t41-,42-,43-,44-,45-,46+/m0/s1. The molecule has 8 rings (SSSR count). The van der Waals surface area contributed by atoms with E-state index in [1.54, 1.807) is 11.1 Å². The van der Waals surface area contributed by atoms with E-state index in [-0.39, 0.29) is 64.6 Å². The van der Waals surface area contributed by atoms with Crippen LogP contribution in [0.3, 0.4) is 0 Å². The number of hydrogen-bond acceptors (Lipinski definition) is 10. The van der Waals surface area contributed by atoms with E-state index in [4.69, 9.17) is 5.73 Å². The fraction of sp³-hybridized carbons (Fsp3) is 0.444. The zero-order chi connectivity index (χ0) is 53.4. The minimum Gasteiger partial charge on any atom is -0.368 e. The average Bonchev–Trinajstić information content (AvgIpc) is 4.08. The van der Waals surface area contributed by atoms with Crippen molar-refractivity contribution in [1.82, 2.24) is 57.1 Å². The van der Waals surface area contributed by atoms with E-state index in [1.165, 1.54) is 19.4 Å². The van der Waals surface area contributed by atoms with Gasteiger partial charge in [-0.2, -0.15) is 0 Å². The predicted molar refractivity (Wildman–Crippen MR) is 279 cm³/mol. The third-order valence-corrected chi connectivity index (χ3v) is 13.9. The van der Waals surface area contributed by atoms with E-state index < -0.39 is 102 Å². The van der Waals surface area contributed by atoms with E-state index in [2.05, 4.69) is 52.2 Å². The minimum absolute atomic E-state index is 0.0542. The van der Waals surface area contributed by atoms with Crippen LogP contribution in [-0.4, -0.2) is 129 Å². The van der Waals surface area contributed by atoms with Crippen molar-refractivity contribution in [2.75, 3.05) is 19.6 Å². The summed E-state index contributed by atoms with van der Waals surface area (Å²) >= 11 is 0. The molecule has 398 valence electrons. The molecule has 11 N–H and O–H groups in total. The van der Waals surface area contributed by atoms with Crippen molar-refractivity contribution in [3.63, 3.8) is 0 Å². The Morgan fingerprint density at radius 1 is 0.773 bits per heavy atom. The number of para-hydroxylation sites is 1. The van der Waals surface area contributed by atoms with Crippen LogP contribution in [0.25, 0.3) is 21.7 Å². The Morgan fingerprint density at radius 3 is 2.21 bits per heavy atom. The molecule has 0 unspecified atom stereocenters. The van der Waals surface area contributed by atoms with Gasteiger partial charge in [-0.05, 0) is 66.5 Å². The molecule has 9 amide bonds. The highest BCUT2D eigenvalue weighted by molar-refractivity contribution is 5.98. The van der Waals surface area contributed by atoms with Crippen LogP contribution in [0.15, 0.2) is 85.5 Å². The number of piperidine rings is 1. The molecule has 3 saturated heterocycles. The van der Waals surface area contributed by atoms with Crippen LogP contribution in [0.2, 0.25) is 0 Å². The molecular weight excluding hydrogens is 961 g/mol. The second kappa shape index (κ2) is 26.2. The molecule has 21 nitrogen and oxygen atoms in total. The van der Waals surface area contributed by atoms with Gasteiger partial charge in [0.25, 0.3) is 0 Å². The van der Waals surface area contributed by atoms with Crippen LogP contribution < -0.4 is 43.0 Å². The molecule has 2 bridgehead atoms. The fourth-order valence-corrected chi connectivity index (χ4v) is 9.69. The van der Waals surface area contributed by atoms with Gasteiger partial charge in [0.1, 0.15) is 36.3 Å². The SMILES string of the molecule is CCCC[C@H](NC(C)=O)C(=O)N[C@H]1CC(=O)NCCCC[C@@H](C(N)=O)NC(=O)[C@H](Cc2c[nH]c3ccccc23)NC(=O)C2CCN(CC2)C(=O)[C@@H](Cc2ccc3ccccc3c2)NC(=O)[C@H](Cc2cnc[nH]2)NC1=O. The Morgan fingerprint density at radius 2 is 1.48 bits per heavy atom. The first-order valence-corrected chi connectivity index (χ1v) is 25.8. The summed E-state index contributed by atoms with van der Waals surface area (Å²) < 4.78 is 0. The Labute approximate surface area is 434 Å². The second-order valence-corrected chi connectivity index (χ2v) is 19.5. The Bertz CT molecular complexity index is 2840. The lowest BCUT2D eigenvalue weighted by atomic mass is 9.93. The van der Waals surface area contributed by atoms with Gasteiger partial charge in [-0.25, -0.2) is 4.98 Å². The molecule has 0 spiro atoms. The van der Waals surface area contributed by atoms with E-state index in [0.29, 0.717) is 31.4 Å². The summed E-state index contributed by atoms with van der Waals surface area (Å²) in [6.45, 7) is 3.53. The summed E-state index contributed by atoms with van der Waals surface area (Å²) in [7, 11) is 0. The molecule has 3 aliphatic heterocycles. The normalized spacial score (nSPS) is 22.4. The first-order chi connectivity index (χ1) is 36.1. The number of imidazole rings is 1. The number of rotatable bonds is 13. The lowest BCUT2D eigenvalue weighted by Crippen LogP contribution is -2.60. The van der Waals surface area contributed by atoms with Crippen molar-refractivity contribution in [3.05, 3.63) is 102 Å². The van der Waals surface area contributed by atoms with Crippen LogP contribution in [0.4, 0.5) is 0 Å². The Kier molecular flexibility index (Phi) is 19.1. The first kappa shape index (κ1) is 54.7. The van der Waals surface area contributed by atoms with Gasteiger partial charge < -0.3 is 57.8 Å². The van der Waals surface area contributed by atoms with Gasteiger partial charge in [0.05, 0.1) is 12.7 Å². The summed E-state index contributed by atoms with van der Waals surface area (Å²) in [5.41, 5.74) is 8.60. The van der Waals surface area contributed by atoms with Crippen molar-refractivity contribution in [3.8, 4) is 0 Å². The van der Waals surface area contributed by atoms with Crippen molar-refractivity contribution < 1.29 is 43.2 Å².